The van der Waals surface area contributed by atoms with Crippen molar-refractivity contribution in [3.8, 4) is 11.5 Å². The van der Waals surface area contributed by atoms with E-state index >= 15 is 0 Å². The highest BCUT2D eigenvalue weighted by Crippen LogP contribution is 2.37. The van der Waals surface area contributed by atoms with Crippen molar-refractivity contribution in [2.24, 2.45) is 0 Å². The van der Waals surface area contributed by atoms with Crippen LogP contribution in [0.15, 0.2) is 34.8 Å². The monoisotopic (exact) mass is 431 g/mol. The van der Waals surface area contributed by atoms with Crippen LogP contribution >= 0.6 is 27.5 Å². The van der Waals surface area contributed by atoms with Gasteiger partial charge in [0.2, 0.25) is 5.75 Å². The summed E-state index contributed by atoms with van der Waals surface area (Å²) in [5, 5.41) is 11.5. The SMILES string of the molecule is CCOC(=O)Cc1ccc([N+](=O)[O-])c(Oc2cc(Cl)cc(Br)c2)c1F. The highest BCUT2D eigenvalue weighted by molar-refractivity contribution is 9.10. The van der Waals surface area contributed by atoms with Gasteiger partial charge in [-0.2, -0.15) is 0 Å². The van der Waals surface area contributed by atoms with E-state index in [0.717, 1.165) is 12.1 Å². The Hall–Kier alpha value is -2.19. The number of benzene rings is 2. The number of halogens is 3. The Morgan fingerprint density at radius 3 is 2.68 bits per heavy atom. The number of esters is 1. The Kier molecular flexibility index (Phi) is 6.33. The second kappa shape index (κ2) is 8.26. The lowest BCUT2D eigenvalue weighted by atomic mass is 10.1. The summed E-state index contributed by atoms with van der Waals surface area (Å²) in [7, 11) is 0. The van der Waals surface area contributed by atoms with Crippen LogP contribution in [0, 0.1) is 15.9 Å². The first-order chi connectivity index (χ1) is 11.8. The van der Waals surface area contributed by atoms with E-state index in [1.807, 2.05) is 0 Å². The van der Waals surface area contributed by atoms with E-state index in [1.54, 1.807) is 13.0 Å². The van der Waals surface area contributed by atoms with Gasteiger partial charge in [0.25, 0.3) is 0 Å². The third kappa shape index (κ3) is 4.90. The maximum absolute atomic E-state index is 14.7. The minimum atomic E-state index is -1.00. The molecule has 0 spiro atoms. The van der Waals surface area contributed by atoms with Gasteiger partial charge in [0, 0.05) is 21.1 Å². The van der Waals surface area contributed by atoms with Gasteiger partial charge >= 0.3 is 11.7 Å². The number of ether oxygens (including phenoxy) is 2. The number of nitro benzene ring substituents is 1. The smallest absolute Gasteiger partial charge is 0.314 e. The minimum absolute atomic E-state index is 0.0693. The van der Waals surface area contributed by atoms with Gasteiger partial charge in [0.05, 0.1) is 18.0 Å². The molecular weight excluding hydrogens is 421 g/mol. The summed E-state index contributed by atoms with van der Waals surface area (Å²) < 4.78 is 25.4. The second-order valence-corrected chi connectivity index (χ2v) is 6.19. The Balaban J connectivity index is 2.45. The summed E-state index contributed by atoms with van der Waals surface area (Å²) in [6, 6.07) is 6.68. The Bertz CT molecular complexity index is 810. The molecule has 0 aliphatic rings. The van der Waals surface area contributed by atoms with Crippen LogP contribution < -0.4 is 4.74 Å². The molecule has 25 heavy (non-hydrogen) atoms. The van der Waals surface area contributed by atoms with Gasteiger partial charge in [-0.1, -0.05) is 27.5 Å². The number of nitrogens with zero attached hydrogens (tertiary/aromatic N) is 1. The Morgan fingerprint density at radius 1 is 1.36 bits per heavy atom. The van der Waals surface area contributed by atoms with Crippen molar-refractivity contribution in [1.82, 2.24) is 0 Å². The second-order valence-electron chi connectivity index (χ2n) is 4.83. The molecule has 0 bridgehead atoms. The number of carbonyl (C=O) groups is 1. The van der Waals surface area contributed by atoms with Crippen LogP contribution in [0.4, 0.5) is 10.1 Å². The van der Waals surface area contributed by atoms with Crippen molar-refractivity contribution in [3.05, 3.63) is 61.3 Å². The number of nitro groups is 1. The molecule has 2 aromatic rings. The van der Waals surface area contributed by atoms with E-state index in [4.69, 9.17) is 21.1 Å². The standard InChI is InChI=1S/C16H12BrClFNO5/c1-2-24-14(21)5-9-3-4-13(20(22)23)16(15(9)19)25-12-7-10(17)6-11(18)8-12/h3-4,6-8H,2,5H2,1H3. The van der Waals surface area contributed by atoms with Gasteiger partial charge < -0.3 is 9.47 Å². The lowest BCUT2D eigenvalue weighted by molar-refractivity contribution is -0.385. The first kappa shape index (κ1) is 19.1. The fourth-order valence-corrected chi connectivity index (χ4v) is 2.87. The van der Waals surface area contributed by atoms with Crippen molar-refractivity contribution in [2.45, 2.75) is 13.3 Å². The summed E-state index contributed by atoms with van der Waals surface area (Å²) in [6.07, 6.45) is -0.368. The summed E-state index contributed by atoms with van der Waals surface area (Å²) in [5.74, 6) is -2.14. The maximum Gasteiger partial charge on any atom is 0.314 e. The summed E-state index contributed by atoms with van der Waals surface area (Å²) in [5.41, 5.74) is -0.638. The molecule has 0 aromatic heterocycles. The zero-order valence-corrected chi connectivity index (χ0v) is 15.3. The first-order valence-corrected chi connectivity index (χ1v) is 8.24. The van der Waals surface area contributed by atoms with Gasteiger partial charge in [-0.3, -0.25) is 14.9 Å². The molecule has 0 unspecified atom stereocenters. The predicted molar refractivity (Wildman–Crippen MR) is 92.6 cm³/mol. The van der Waals surface area contributed by atoms with Crippen LogP contribution in [0.25, 0.3) is 0 Å². The minimum Gasteiger partial charge on any atom is -0.466 e. The van der Waals surface area contributed by atoms with Crippen molar-refractivity contribution in [3.63, 3.8) is 0 Å². The van der Waals surface area contributed by atoms with E-state index in [9.17, 15) is 19.3 Å². The van der Waals surface area contributed by atoms with Crippen molar-refractivity contribution in [1.29, 1.82) is 0 Å². The molecule has 0 fully saturated rings. The molecule has 0 radical (unpaired) electrons. The third-order valence-corrected chi connectivity index (χ3v) is 3.73. The molecule has 0 saturated heterocycles. The van der Waals surface area contributed by atoms with Crippen LogP contribution in [0.2, 0.25) is 5.02 Å². The lowest BCUT2D eigenvalue weighted by Gasteiger charge is -2.11. The average Bonchev–Trinajstić information content (AvgIpc) is 2.50. The molecule has 6 nitrogen and oxygen atoms in total. The van der Waals surface area contributed by atoms with E-state index in [0.29, 0.717) is 9.50 Å². The lowest BCUT2D eigenvalue weighted by Crippen LogP contribution is -2.10. The normalized spacial score (nSPS) is 10.4. The van der Waals surface area contributed by atoms with E-state index in [-0.39, 0.29) is 24.3 Å². The average molecular weight is 433 g/mol. The summed E-state index contributed by atoms with van der Waals surface area (Å²) in [6.45, 7) is 1.77. The van der Waals surface area contributed by atoms with Crippen molar-refractivity contribution < 1.29 is 23.6 Å². The molecule has 2 aromatic carbocycles. The molecule has 0 atom stereocenters. The fourth-order valence-electron chi connectivity index (χ4n) is 2.04. The van der Waals surface area contributed by atoms with Gasteiger partial charge in [-0.25, -0.2) is 4.39 Å². The summed E-state index contributed by atoms with van der Waals surface area (Å²) in [4.78, 5) is 21.9. The number of hydrogen-bond acceptors (Lipinski definition) is 5. The molecule has 9 heteroatoms. The molecular formula is C16H12BrClFNO5. The number of rotatable bonds is 6. The fraction of sp³-hybridized carbons (Fsp3) is 0.188. The van der Waals surface area contributed by atoms with Gasteiger partial charge in [-0.05, 0) is 31.2 Å². The molecule has 0 N–H and O–H groups in total. The van der Waals surface area contributed by atoms with Crippen LogP contribution in [0.1, 0.15) is 12.5 Å². The van der Waals surface area contributed by atoms with E-state index < -0.39 is 28.1 Å². The largest absolute Gasteiger partial charge is 0.466 e. The van der Waals surface area contributed by atoms with Gasteiger partial charge in [-0.15, -0.1) is 0 Å². The van der Waals surface area contributed by atoms with Crippen molar-refractivity contribution >= 4 is 39.2 Å². The van der Waals surface area contributed by atoms with Gasteiger partial charge in [0.1, 0.15) is 5.75 Å². The number of hydrogen-bond donors (Lipinski definition) is 0. The molecule has 2 rings (SSSR count). The topological polar surface area (TPSA) is 78.7 Å². The highest BCUT2D eigenvalue weighted by atomic mass is 79.9. The predicted octanol–water partition coefficient (Wildman–Crippen LogP) is 5.05. The molecule has 0 saturated carbocycles. The Morgan fingerprint density at radius 2 is 2.08 bits per heavy atom. The number of carbonyl (C=O) groups excluding carboxylic acids is 1. The highest BCUT2D eigenvalue weighted by Gasteiger charge is 2.25. The van der Waals surface area contributed by atoms with Crippen LogP contribution in [0.3, 0.4) is 0 Å². The van der Waals surface area contributed by atoms with Crippen LogP contribution in [0.5, 0.6) is 11.5 Å². The third-order valence-electron chi connectivity index (χ3n) is 3.05. The molecule has 0 heterocycles. The molecule has 0 aliphatic heterocycles. The zero-order valence-electron chi connectivity index (χ0n) is 12.9. The first-order valence-electron chi connectivity index (χ1n) is 7.07. The molecule has 0 aliphatic carbocycles. The molecule has 132 valence electrons. The Labute approximate surface area is 155 Å². The van der Waals surface area contributed by atoms with Crippen LogP contribution in [-0.4, -0.2) is 17.5 Å². The maximum atomic E-state index is 14.7. The summed E-state index contributed by atoms with van der Waals surface area (Å²) >= 11 is 9.10. The quantitative estimate of drug-likeness (QED) is 0.363. The zero-order chi connectivity index (χ0) is 18.6. The molecule has 0 amide bonds. The van der Waals surface area contributed by atoms with Crippen molar-refractivity contribution in [2.75, 3.05) is 6.61 Å². The van der Waals surface area contributed by atoms with Gasteiger partial charge in [0.15, 0.2) is 5.82 Å². The van der Waals surface area contributed by atoms with E-state index in [2.05, 4.69) is 15.9 Å². The van der Waals surface area contributed by atoms with Crippen LogP contribution in [-0.2, 0) is 16.0 Å². The van der Waals surface area contributed by atoms with E-state index in [1.165, 1.54) is 12.1 Å².